The molecule has 0 aliphatic carbocycles. The van der Waals surface area contributed by atoms with E-state index in [1.807, 2.05) is 0 Å². The van der Waals surface area contributed by atoms with Crippen LogP contribution in [0.2, 0.25) is 0 Å². The fourth-order valence-corrected chi connectivity index (χ4v) is 5.31. The number of carbonyl (C=O) groups is 1. The Hall–Kier alpha value is -2.87. The van der Waals surface area contributed by atoms with Gasteiger partial charge in [-0.05, 0) is 56.0 Å². The minimum absolute atomic E-state index is 0.115. The van der Waals surface area contributed by atoms with E-state index in [9.17, 15) is 4.79 Å². The number of ether oxygens (including phenoxy) is 1. The Morgan fingerprint density at radius 2 is 1.41 bits per heavy atom. The van der Waals surface area contributed by atoms with Crippen LogP contribution in [0.15, 0.2) is 30.3 Å². The van der Waals surface area contributed by atoms with Crippen molar-refractivity contribution >= 4 is 23.2 Å². The zero-order valence-electron chi connectivity index (χ0n) is 20.4. The fraction of sp³-hybridized carbons (Fsp3) is 0.577. The quantitative estimate of drug-likeness (QED) is 0.689. The molecule has 8 heteroatoms. The molecular weight excluding hydrogens is 428 g/mol. The van der Waals surface area contributed by atoms with Gasteiger partial charge in [-0.2, -0.15) is 0 Å². The van der Waals surface area contributed by atoms with Crippen LogP contribution >= 0.6 is 0 Å². The summed E-state index contributed by atoms with van der Waals surface area (Å²) in [6.45, 7) is 12.7. The van der Waals surface area contributed by atoms with E-state index in [1.54, 1.807) is 0 Å². The number of carbonyl (C=O) groups excluding carboxylic acids is 1. The van der Waals surface area contributed by atoms with Crippen molar-refractivity contribution in [2.45, 2.75) is 26.7 Å². The van der Waals surface area contributed by atoms with Crippen molar-refractivity contribution in [1.82, 2.24) is 15.1 Å². The fourth-order valence-electron chi connectivity index (χ4n) is 5.31. The Balaban J connectivity index is 1.11. The van der Waals surface area contributed by atoms with Crippen LogP contribution in [0.3, 0.4) is 0 Å². The van der Waals surface area contributed by atoms with Crippen molar-refractivity contribution in [3.8, 4) is 0 Å². The van der Waals surface area contributed by atoms with Crippen LogP contribution < -0.4 is 14.7 Å². The molecule has 0 atom stereocenters. The highest BCUT2D eigenvalue weighted by atomic mass is 16.5. The monoisotopic (exact) mass is 464 g/mol. The maximum absolute atomic E-state index is 13.2. The maximum atomic E-state index is 13.2. The third-order valence-corrected chi connectivity index (χ3v) is 7.65. The number of hydrogen-bond acceptors (Lipinski definition) is 7. The van der Waals surface area contributed by atoms with Gasteiger partial charge in [0.05, 0.1) is 13.2 Å². The van der Waals surface area contributed by atoms with Crippen LogP contribution in [-0.2, 0) is 9.53 Å². The van der Waals surface area contributed by atoms with Gasteiger partial charge in [-0.1, -0.05) is 12.1 Å². The molecule has 0 spiro atoms. The van der Waals surface area contributed by atoms with E-state index >= 15 is 0 Å². The Kier molecular flexibility index (Phi) is 6.85. The number of piperazine rings is 1. The van der Waals surface area contributed by atoms with Gasteiger partial charge in [-0.3, -0.25) is 4.79 Å². The van der Waals surface area contributed by atoms with Gasteiger partial charge >= 0.3 is 0 Å². The van der Waals surface area contributed by atoms with Crippen LogP contribution in [0, 0.1) is 19.8 Å². The van der Waals surface area contributed by atoms with E-state index in [0.717, 1.165) is 90.0 Å². The van der Waals surface area contributed by atoms with Crippen LogP contribution in [0.4, 0.5) is 17.3 Å². The van der Waals surface area contributed by atoms with E-state index in [1.165, 1.54) is 16.8 Å². The molecule has 3 fully saturated rings. The summed E-state index contributed by atoms with van der Waals surface area (Å²) in [7, 11) is 0. The molecular formula is C26H36N6O2. The van der Waals surface area contributed by atoms with Gasteiger partial charge in [0, 0.05) is 64.0 Å². The van der Waals surface area contributed by atoms with Crippen molar-refractivity contribution in [2.75, 3.05) is 80.3 Å². The van der Waals surface area contributed by atoms with E-state index in [2.05, 4.69) is 74.0 Å². The lowest BCUT2D eigenvalue weighted by Crippen LogP contribution is -2.52. The Labute approximate surface area is 202 Å². The molecule has 3 aliphatic heterocycles. The molecule has 5 rings (SSSR count). The summed E-state index contributed by atoms with van der Waals surface area (Å²) in [5.74, 6) is 2.26. The largest absolute Gasteiger partial charge is 0.378 e. The van der Waals surface area contributed by atoms with E-state index in [0.29, 0.717) is 5.91 Å². The van der Waals surface area contributed by atoms with Gasteiger partial charge < -0.3 is 24.3 Å². The van der Waals surface area contributed by atoms with Crippen LogP contribution in [0.5, 0.6) is 0 Å². The van der Waals surface area contributed by atoms with Crippen molar-refractivity contribution in [3.63, 3.8) is 0 Å². The minimum Gasteiger partial charge on any atom is -0.378 e. The number of benzene rings is 1. The van der Waals surface area contributed by atoms with Gasteiger partial charge in [-0.15, -0.1) is 10.2 Å². The molecule has 8 nitrogen and oxygen atoms in total. The second kappa shape index (κ2) is 10.2. The molecule has 0 bridgehead atoms. The Morgan fingerprint density at radius 3 is 2.03 bits per heavy atom. The molecule has 0 radical (unpaired) electrons. The number of amides is 1. The van der Waals surface area contributed by atoms with Crippen molar-refractivity contribution < 1.29 is 9.53 Å². The number of nitrogens with zero attached hydrogens (tertiary/aromatic N) is 6. The van der Waals surface area contributed by atoms with Gasteiger partial charge in [0.25, 0.3) is 0 Å². The number of hydrogen-bond donors (Lipinski definition) is 0. The predicted molar refractivity (Wildman–Crippen MR) is 135 cm³/mol. The SMILES string of the molecule is Cc1cccc(N2CCN(C(=O)C3CCN(c4ccc(N5CCOCC5)nn4)CC3)CC2)c1C. The summed E-state index contributed by atoms with van der Waals surface area (Å²) in [6, 6.07) is 10.6. The normalized spacial score (nSPS) is 20.1. The van der Waals surface area contributed by atoms with Crippen LogP contribution in [-0.4, -0.2) is 86.6 Å². The predicted octanol–water partition coefficient (Wildman–Crippen LogP) is 2.50. The zero-order valence-corrected chi connectivity index (χ0v) is 20.4. The third kappa shape index (κ3) is 4.82. The maximum Gasteiger partial charge on any atom is 0.225 e. The second-order valence-corrected chi connectivity index (χ2v) is 9.64. The highest BCUT2D eigenvalue weighted by Gasteiger charge is 2.31. The van der Waals surface area contributed by atoms with Gasteiger partial charge in [0.2, 0.25) is 5.91 Å². The minimum atomic E-state index is 0.115. The molecule has 3 aliphatic rings. The number of aryl methyl sites for hydroxylation is 1. The van der Waals surface area contributed by atoms with Gasteiger partial charge in [-0.25, -0.2) is 0 Å². The van der Waals surface area contributed by atoms with E-state index < -0.39 is 0 Å². The summed E-state index contributed by atoms with van der Waals surface area (Å²) in [5, 5.41) is 8.93. The van der Waals surface area contributed by atoms with Crippen molar-refractivity contribution in [1.29, 1.82) is 0 Å². The standard InChI is InChI=1S/C26H36N6O2/c1-20-4-3-5-23(21(20)2)29-12-14-32(15-13-29)26(33)22-8-10-30(11-9-22)24-6-7-25(28-27-24)31-16-18-34-19-17-31/h3-7,22H,8-19H2,1-2H3. The number of piperidine rings is 1. The van der Waals surface area contributed by atoms with Gasteiger partial charge in [0.15, 0.2) is 11.6 Å². The molecule has 182 valence electrons. The first kappa shape index (κ1) is 22.9. The molecule has 0 unspecified atom stereocenters. The van der Waals surface area contributed by atoms with Crippen molar-refractivity contribution in [3.05, 3.63) is 41.5 Å². The summed E-state index contributed by atoms with van der Waals surface area (Å²) >= 11 is 0. The molecule has 0 N–H and O–H groups in total. The number of aromatic nitrogens is 2. The highest BCUT2D eigenvalue weighted by molar-refractivity contribution is 5.79. The first-order valence-corrected chi connectivity index (χ1v) is 12.6. The van der Waals surface area contributed by atoms with Crippen LogP contribution in [0.25, 0.3) is 0 Å². The number of anilines is 3. The van der Waals surface area contributed by atoms with E-state index in [-0.39, 0.29) is 5.92 Å². The lowest BCUT2D eigenvalue weighted by atomic mass is 9.95. The molecule has 1 amide bonds. The lowest BCUT2D eigenvalue weighted by molar-refractivity contribution is -0.136. The highest BCUT2D eigenvalue weighted by Crippen LogP contribution is 2.27. The summed E-state index contributed by atoms with van der Waals surface area (Å²) < 4.78 is 5.42. The molecule has 1 aromatic heterocycles. The van der Waals surface area contributed by atoms with E-state index in [4.69, 9.17) is 4.74 Å². The molecule has 3 saturated heterocycles. The average molecular weight is 465 g/mol. The summed E-state index contributed by atoms with van der Waals surface area (Å²) in [6.07, 6.45) is 1.76. The van der Waals surface area contributed by atoms with Crippen LogP contribution in [0.1, 0.15) is 24.0 Å². The molecule has 0 saturated carbocycles. The van der Waals surface area contributed by atoms with Crippen molar-refractivity contribution in [2.24, 2.45) is 5.92 Å². The molecule has 2 aromatic rings. The number of rotatable bonds is 4. The zero-order chi connectivity index (χ0) is 23.5. The first-order chi connectivity index (χ1) is 16.6. The lowest BCUT2D eigenvalue weighted by Gasteiger charge is -2.40. The molecule has 1 aromatic carbocycles. The Bertz CT molecular complexity index is 975. The second-order valence-electron chi connectivity index (χ2n) is 9.64. The third-order valence-electron chi connectivity index (χ3n) is 7.65. The summed E-state index contributed by atoms with van der Waals surface area (Å²) in [4.78, 5) is 22.2. The topological polar surface area (TPSA) is 65.0 Å². The first-order valence-electron chi connectivity index (χ1n) is 12.6. The average Bonchev–Trinajstić information content (AvgIpc) is 2.91. The molecule has 34 heavy (non-hydrogen) atoms. The summed E-state index contributed by atoms with van der Waals surface area (Å²) in [5.41, 5.74) is 3.97. The van der Waals surface area contributed by atoms with Gasteiger partial charge in [0.1, 0.15) is 0 Å². The molecule has 4 heterocycles. The smallest absolute Gasteiger partial charge is 0.225 e. The number of morpholine rings is 1. The Morgan fingerprint density at radius 1 is 0.794 bits per heavy atom.